The van der Waals surface area contributed by atoms with Gasteiger partial charge in [-0.2, -0.15) is 0 Å². The highest BCUT2D eigenvalue weighted by molar-refractivity contribution is 7.92. The zero-order valence-corrected chi connectivity index (χ0v) is 19.4. The van der Waals surface area contributed by atoms with Gasteiger partial charge in [0.2, 0.25) is 10.0 Å². The van der Waals surface area contributed by atoms with Crippen LogP contribution in [0.1, 0.15) is 10.4 Å². The molecule has 0 aliphatic rings. The van der Waals surface area contributed by atoms with Crippen molar-refractivity contribution < 1.29 is 21.6 Å². The standard InChI is InChI=1S/C22H23N3O5S2/c1-24(2)31(27,28)20-14-12-18(13-15-20)23-22(26)17-8-7-11-21(16-17)32(29,30)25(3)19-9-5-4-6-10-19/h4-16H,1-3H3,(H,23,26). The molecule has 3 aromatic rings. The van der Waals surface area contributed by atoms with Gasteiger partial charge < -0.3 is 5.32 Å². The third kappa shape index (κ3) is 4.82. The zero-order chi connectivity index (χ0) is 23.5. The lowest BCUT2D eigenvalue weighted by atomic mass is 10.2. The third-order valence-electron chi connectivity index (χ3n) is 4.77. The summed E-state index contributed by atoms with van der Waals surface area (Å²) < 4.78 is 52.5. The van der Waals surface area contributed by atoms with Crippen LogP contribution >= 0.6 is 0 Å². The number of nitrogens with one attached hydrogen (secondary N) is 1. The van der Waals surface area contributed by atoms with E-state index in [1.807, 2.05) is 0 Å². The highest BCUT2D eigenvalue weighted by Gasteiger charge is 2.22. The number of amides is 1. The smallest absolute Gasteiger partial charge is 0.264 e. The summed E-state index contributed by atoms with van der Waals surface area (Å²) >= 11 is 0. The number of benzene rings is 3. The number of rotatable bonds is 7. The van der Waals surface area contributed by atoms with Gasteiger partial charge in [-0.05, 0) is 54.6 Å². The Morgan fingerprint density at radius 1 is 0.719 bits per heavy atom. The topological polar surface area (TPSA) is 104 Å². The molecule has 0 unspecified atom stereocenters. The number of carbonyl (C=O) groups excluding carboxylic acids is 1. The first-order valence-corrected chi connectivity index (χ1v) is 12.4. The van der Waals surface area contributed by atoms with Crippen molar-refractivity contribution in [3.8, 4) is 0 Å². The van der Waals surface area contributed by atoms with E-state index in [-0.39, 0.29) is 15.4 Å². The SMILES string of the molecule is CN(C)S(=O)(=O)c1ccc(NC(=O)c2cccc(S(=O)(=O)N(C)c3ccccc3)c2)cc1. The van der Waals surface area contributed by atoms with E-state index in [9.17, 15) is 21.6 Å². The minimum atomic E-state index is -3.87. The molecule has 1 amide bonds. The molecule has 0 bridgehead atoms. The predicted molar refractivity (Wildman–Crippen MR) is 124 cm³/mol. The average molecular weight is 474 g/mol. The van der Waals surface area contributed by atoms with Gasteiger partial charge in [-0.3, -0.25) is 9.10 Å². The summed E-state index contributed by atoms with van der Waals surface area (Å²) in [6, 6.07) is 20.1. The second-order valence-electron chi connectivity index (χ2n) is 7.10. The Hall–Kier alpha value is -3.21. The molecule has 8 nitrogen and oxygen atoms in total. The highest BCUT2D eigenvalue weighted by Crippen LogP contribution is 2.23. The van der Waals surface area contributed by atoms with Crippen LogP contribution in [0.4, 0.5) is 11.4 Å². The van der Waals surface area contributed by atoms with Gasteiger partial charge in [0.15, 0.2) is 0 Å². The first-order chi connectivity index (χ1) is 15.0. The number of sulfonamides is 2. The lowest BCUT2D eigenvalue weighted by Crippen LogP contribution is -2.26. The fourth-order valence-corrected chi connectivity index (χ4v) is 5.00. The maximum atomic E-state index is 13.0. The molecule has 3 aromatic carbocycles. The molecule has 10 heteroatoms. The molecule has 0 aliphatic carbocycles. The van der Waals surface area contributed by atoms with E-state index in [2.05, 4.69) is 5.32 Å². The Morgan fingerprint density at radius 2 is 1.34 bits per heavy atom. The number of hydrogen-bond acceptors (Lipinski definition) is 5. The van der Waals surface area contributed by atoms with Crippen molar-refractivity contribution >= 4 is 37.3 Å². The molecule has 3 rings (SSSR count). The van der Waals surface area contributed by atoms with Crippen LogP contribution < -0.4 is 9.62 Å². The molecule has 0 aliphatic heterocycles. The van der Waals surface area contributed by atoms with Crippen molar-refractivity contribution in [3.63, 3.8) is 0 Å². The fourth-order valence-electron chi connectivity index (χ4n) is 2.86. The molecule has 0 atom stereocenters. The molecular weight excluding hydrogens is 450 g/mol. The predicted octanol–water partition coefficient (Wildman–Crippen LogP) is 3.01. The van der Waals surface area contributed by atoms with E-state index in [0.717, 1.165) is 8.61 Å². The van der Waals surface area contributed by atoms with Crippen molar-refractivity contribution in [2.45, 2.75) is 9.79 Å². The molecular formula is C22H23N3O5S2. The van der Waals surface area contributed by atoms with Gasteiger partial charge >= 0.3 is 0 Å². The minimum Gasteiger partial charge on any atom is -0.322 e. The van der Waals surface area contributed by atoms with Crippen LogP contribution in [-0.2, 0) is 20.0 Å². The maximum absolute atomic E-state index is 13.0. The van der Waals surface area contributed by atoms with Crippen LogP contribution in [0, 0.1) is 0 Å². The summed E-state index contributed by atoms with van der Waals surface area (Å²) in [5.74, 6) is -0.521. The van der Waals surface area contributed by atoms with Crippen molar-refractivity contribution in [3.05, 3.63) is 84.4 Å². The van der Waals surface area contributed by atoms with Crippen LogP contribution in [0.5, 0.6) is 0 Å². The summed E-state index contributed by atoms with van der Waals surface area (Å²) in [7, 11) is -3.14. The Balaban J connectivity index is 1.81. The summed E-state index contributed by atoms with van der Waals surface area (Å²) in [5.41, 5.74) is 1.02. The van der Waals surface area contributed by atoms with E-state index >= 15 is 0 Å². The summed E-state index contributed by atoms with van der Waals surface area (Å²) in [5, 5.41) is 2.65. The van der Waals surface area contributed by atoms with E-state index in [1.54, 1.807) is 30.3 Å². The fraction of sp³-hybridized carbons (Fsp3) is 0.136. The molecule has 32 heavy (non-hydrogen) atoms. The molecule has 0 aromatic heterocycles. The van der Waals surface area contributed by atoms with Crippen molar-refractivity contribution in [2.24, 2.45) is 0 Å². The van der Waals surface area contributed by atoms with E-state index in [1.165, 1.54) is 69.7 Å². The van der Waals surface area contributed by atoms with Gasteiger partial charge in [0.25, 0.3) is 15.9 Å². The van der Waals surface area contributed by atoms with Crippen LogP contribution in [0.15, 0.2) is 88.7 Å². The molecule has 0 saturated heterocycles. The van der Waals surface area contributed by atoms with Crippen LogP contribution in [0.3, 0.4) is 0 Å². The third-order valence-corrected chi connectivity index (χ3v) is 8.38. The normalized spacial score (nSPS) is 11.9. The Labute approximate surface area is 188 Å². The molecule has 0 radical (unpaired) electrons. The molecule has 0 saturated carbocycles. The first kappa shape index (κ1) is 23.5. The molecule has 1 N–H and O–H groups in total. The zero-order valence-electron chi connectivity index (χ0n) is 17.8. The van der Waals surface area contributed by atoms with Gasteiger partial charge in [-0.15, -0.1) is 0 Å². The molecule has 0 fully saturated rings. The van der Waals surface area contributed by atoms with Crippen LogP contribution in [0.25, 0.3) is 0 Å². The van der Waals surface area contributed by atoms with Crippen LogP contribution in [0.2, 0.25) is 0 Å². The van der Waals surface area contributed by atoms with E-state index in [0.29, 0.717) is 11.4 Å². The molecule has 168 valence electrons. The van der Waals surface area contributed by atoms with Crippen molar-refractivity contribution in [1.29, 1.82) is 0 Å². The van der Waals surface area contributed by atoms with Gasteiger partial charge in [0.1, 0.15) is 0 Å². The summed E-state index contributed by atoms with van der Waals surface area (Å²) in [4.78, 5) is 12.7. The number of para-hydroxylation sites is 1. The van der Waals surface area contributed by atoms with Crippen molar-refractivity contribution in [2.75, 3.05) is 30.8 Å². The first-order valence-electron chi connectivity index (χ1n) is 9.51. The lowest BCUT2D eigenvalue weighted by Gasteiger charge is -2.19. The van der Waals surface area contributed by atoms with Gasteiger partial charge in [-0.25, -0.2) is 21.1 Å². The quantitative estimate of drug-likeness (QED) is 0.568. The molecule has 0 spiro atoms. The average Bonchev–Trinajstić information content (AvgIpc) is 2.79. The number of anilines is 2. The van der Waals surface area contributed by atoms with Gasteiger partial charge in [-0.1, -0.05) is 24.3 Å². The number of carbonyl (C=O) groups is 1. The minimum absolute atomic E-state index is 0.0241. The van der Waals surface area contributed by atoms with E-state index < -0.39 is 26.0 Å². The maximum Gasteiger partial charge on any atom is 0.264 e. The Morgan fingerprint density at radius 3 is 1.94 bits per heavy atom. The summed E-state index contributed by atoms with van der Waals surface area (Å²) in [6.45, 7) is 0. The largest absolute Gasteiger partial charge is 0.322 e. The van der Waals surface area contributed by atoms with Gasteiger partial charge in [0.05, 0.1) is 15.5 Å². The van der Waals surface area contributed by atoms with Crippen LogP contribution in [-0.4, -0.2) is 48.2 Å². The van der Waals surface area contributed by atoms with E-state index in [4.69, 9.17) is 0 Å². The van der Waals surface area contributed by atoms with Gasteiger partial charge in [0, 0.05) is 32.4 Å². The second-order valence-corrected chi connectivity index (χ2v) is 11.2. The monoisotopic (exact) mass is 473 g/mol. The van der Waals surface area contributed by atoms with Crippen molar-refractivity contribution in [1.82, 2.24) is 4.31 Å². The Kier molecular flexibility index (Phi) is 6.68. The lowest BCUT2D eigenvalue weighted by molar-refractivity contribution is 0.102. The molecule has 0 heterocycles. The highest BCUT2D eigenvalue weighted by atomic mass is 32.2. The summed E-state index contributed by atoms with van der Waals surface area (Å²) in [6.07, 6.45) is 0. The second kappa shape index (κ2) is 9.11. The Bertz CT molecular complexity index is 1320. The number of nitrogens with zero attached hydrogens (tertiary/aromatic N) is 2. The number of hydrogen-bond donors (Lipinski definition) is 1.